The van der Waals surface area contributed by atoms with Gasteiger partial charge in [0.2, 0.25) is 0 Å². The van der Waals surface area contributed by atoms with Gasteiger partial charge in [0, 0.05) is 19.4 Å². The van der Waals surface area contributed by atoms with Crippen LogP contribution in [0.25, 0.3) is 0 Å². The van der Waals surface area contributed by atoms with Crippen molar-refractivity contribution >= 4 is 0 Å². The first-order valence-corrected chi connectivity index (χ1v) is 6.38. The third-order valence-corrected chi connectivity index (χ3v) is 3.36. The van der Waals surface area contributed by atoms with E-state index >= 15 is 0 Å². The number of methoxy groups -OCH3 is 1. The molecule has 2 aromatic heterocycles. The number of rotatable bonds is 5. The van der Waals surface area contributed by atoms with E-state index in [2.05, 4.69) is 22.3 Å². The maximum Gasteiger partial charge on any atom is 0.161 e. The first kappa shape index (κ1) is 13.5. The highest BCUT2D eigenvalue weighted by molar-refractivity contribution is 5.39. The Bertz CT molecular complexity index is 550. The smallest absolute Gasteiger partial charge is 0.161 e. The van der Waals surface area contributed by atoms with Gasteiger partial charge in [-0.05, 0) is 30.7 Å². The summed E-state index contributed by atoms with van der Waals surface area (Å²) in [5.74, 6) is 0.792. The Hall–Kier alpha value is -1.88. The zero-order chi connectivity index (χ0) is 13.8. The summed E-state index contributed by atoms with van der Waals surface area (Å²) in [5, 5.41) is 7.62. The van der Waals surface area contributed by atoms with Gasteiger partial charge in [-0.2, -0.15) is 5.10 Å². The van der Waals surface area contributed by atoms with Crippen LogP contribution in [0.2, 0.25) is 0 Å². The van der Waals surface area contributed by atoms with Crippen LogP contribution in [0.15, 0.2) is 24.7 Å². The molecule has 5 heteroatoms. The molecule has 0 saturated carbocycles. The van der Waals surface area contributed by atoms with Gasteiger partial charge >= 0.3 is 0 Å². The SMILES string of the molecule is CCc1cnccc1C(NC)c1c(OC)cnn1C. The third-order valence-electron chi connectivity index (χ3n) is 3.36. The number of aryl methyl sites for hydroxylation is 2. The van der Waals surface area contributed by atoms with E-state index in [0.29, 0.717) is 0 Å². The van der Waals surface area contributed by atoms with Crippen molar-refractivity contribution in [3.63, 3.8) is 0 Å². The molecule has 2 aromatic rings. The zero-order valence-corrected chi connectivity index (χ0v) is 11.8. The van der Waals surface area contributed by atoms with Crippen molar-refractivity contribution in [2.24, 2.45) is 7.05 Å². The molecule has 2 rings (SSSR count). The molecule has 0 aromatic carbocycles. The first-order valence-electron chi connectivity index (χ1n) is 6.38. The minimum absolute atomic E-state index is 0.0420. The Morgan fingerprint density at radius 2 is 2.21 bits per heavy atom. The predicted molar refractivity (Wildman–Crippen MR) is 74.3 cm³/mol. The Labute approximate surface area is 113 Å². The summed E-state index contributed by atoms with van der Waals surface area (Å²) in [6.45, 7) is 2.13. The van der Waals surface area contributed by atoms with Crippen LogP contribution >= 0.6 is 0 Å². The molecule has 0 aliphatic carbocycles. The third kappa shape index (κ3) is 2.46. The highest BCUT2D eigenvalue weighted by Crippen LogP contribution is 2.30. The number of pyridine rings is 1. The van der Waals surface area contributed by atoms with E-state index in [1.807, 2.05) is 37.2 Å². The molecular weight excluding hydrogens is 240 g/mol. The molecule has 0 amide bonds. The zero-order valence-electron chi connectivity index (χ0n) is 11.8. The second-order valence-electron chi connectivity index (χ2n) is 4.37. The molecule has 2 heterocycles. The molecule has 0 spiro atoms. The second-order valence-corrected chi connectivity index (χ2v) is 4.37. The minimum Gasteiger partial charge on any atom is -0.493 e. The molecule has 0 radical (unpaired) electrons. The van der Waals surface area contributed by atoms with Crippen LogP contribution in [0.1, 0.15) is 29.8 Å². The monoisotopic (exact) mass is 260 g/mol. The van der Waals surface area contributed by atoms with Crippen molar-refractivity contribution in [3.05, 3.63) is 41.5 Å². The molecule has 0 saturated heterocycles. The Morgan fingerprint density at radius 3 is 2.84 bits per heavy atom. The molecule has 1 unspecified atom stereocenters. The summed E-state index contributed by atoms with van der Waals surface area (Å²) in [7, 11) is 5.53. The first-order chi connectivity index (χ1) is 9.22. The van der Waals surface area contributed by atoms with Crippen LogP contribution in [0.5, 0.6) is 5.75 Å². The van der Waals surface area contributed by atoms with Gasteiger partial charge in [-0.25, -0.2) is 0 Å². The van der Waals surface area contributed by atoms with Gasteiger partial charge in [-0.1, -0.05) is 6.92 Å². The van der Waals surface area contributed by atoms with E-state index < -0.39 is 0 Å². The summed E-state index contributed by atoms with van der Waals surface area (Å²) in [4.78, 5) is 4.20. The fourth-order valence-corrected chi connectivity index (χ4v) is 2.37. The Kier molecular flexibility index (Phi) is 4.16. The van der Waals surface area contributed by atoms with Gasteiger partial charge in [0.1, 0.15) is 5.69 Å². The van der Waals surface area contributed by atoms with Crippen molar-refractivity contribution in [1.29, 1.82) is 0 Å². The molecule has 102 valence electrons. The van der Waals surface area contributed by atoms with Gasteiger partial charge in [-0.15, -0.1) is 0 Å². The number of hydrogen-bond acceptors (Lipinski definition) is 4. The highest BCUT2D eigenvalue weighted by atomic mass is 16.5. The lowest BCUT2D eigenvalue weighted by Crippen LogP contribution is -2.22. The second kappa shape index (κ2) is 5.84. The average Bonchev–Trinajstić information content (AvgIpc) is 2.82. The molecule has 5 nitrogen and oxygen atoms in total. The summed E-state index contributed by atoms with van der Waals surface area (Å²) in [6.07, 6.45) is 6.43. The quantitative estimate of drug-likeness (QED) is 0.889. The molecule has 0 aliphatic heterocycles. The number of nitrogens with one attached hydrogen (secondary N) is 1. The van der Waals surface area contributed by atoms with E-state index in [1.54, 1.807) is 13.3 Å². The maximum absolute atomic E-state index is 5.41. The topological polar surface area (TPSA) is 52.0 Å². The van der Waals surface area contributed by atoms with Gasteiger partial charge in [0.05, 0.1) is 19.3 Å². The highest BCUT2D eigenvalue weighted by Gasteiger charge is 2.22. The normalized spacial score (nSPS) is 12.4. The molecule has 19 heavy (non-hydrogen) atoms. The summed E-state index contributed by atoms with van der Waals surface area (Å²) < 4.78 is 7.25. The number of ether oxygens (including phenoxy) is 1. The summed E-state index contributed by atoms with van der Waals surface area (Å²) in [6, 6.07) is 2.09. The summed E-state index contributed by atoms with van der Waals surface area (Å²) in [5.41, 5.74) is 3.46. The van der Waals surface area contributed by atoms with Crippen LogP contribution in [-0.2, 0) is 13.5 Å². The molecule has 0 bridgehead atoms. The van der Waals surface area contributed by atoms with Crippen LogP contribution < -0.4 is 10.1 Å². The van der Waals surface area contributed by atoms with Gasteiger partial charge in [0.15, 0.2) is 5.75 Å². The standard InChI is InChI=1S/C14H20N4O/c1-5-10-8-16-7-6-11(10)13(15-2)14-12(19-4)9-17-18(14)3/h6-9,13,15H,5H2,1-4H3. The van der Waals surface area contributed by atoms with Gasteiger partial charge in [0.25, 0.3) is 0 Å². The average molecular weight is 260 g/mol. The van der Waals surface area contributed by atoms with E-state index in [9.17, 15) is 0 Å². The lowest BCUT2D eigenvalue weighted by Gasteiger charge is -2.20. The van der Waals surface area contributed by atoms with Crippen molar-refractivity contribution in [1.82, 2.24) is 20.1 Å². The van der Waals surface area contributed by atoms with Crippen molar-refractivity contribution in [2.45, 2.75) is 19.4 Å². The fraction of sp³-hybridized carbons (Fsp3) is 0.429. The van der Waals surface area contributed by atoms with E-state index in [-0.39, 0.29) is 6.04 Å². The molecule has 0 aliphatic rings. The molecule has 1 atom stereocenters. The van der Waals surface area contributed by atoms with Crippen LogP contribution in [0, 0.1) is 0 Å². The van der Waals surface area contributed by atoms with E-state index in [1.165, 1.54) is 11.1 Å². The fourth-order valence-electron chi connectivity index (χ4n) is 2.37. The van der Waals surface area contributed by atoms with E-state index in [4.69, 9.17) is 4.74 Å². The largest absolute Gasteiger partial charge is 0.493 e. The van der Waals surface area contributed by atoms with Gasteiger partial charge in [-0.3, -0.25) is 9.67 Å². The molecule has 0 fully saturated rings. The lowest BCUT2D eigenvalue weighted by atomic mass is 9.98. The minimum atomic E-state index is 0.0420. The van der Waals surface area contributed by atoms with Crippen LogP contribution in [-0.4, -0.2) is 28.9 Å². The number of hydrogen-bond donors (Lipinski definition) is 1. The van der Waals surface area contributed by atoms with Crippen LogP contribution in [0.4, 0.5) is 0 Å². The van der Waals surface area contributed by atoms with Gasteiger partial charge < -0.3 is 10.1 Å². The molecule has 1 N–H and O–H groups in total. The van der Waals surface area contributed by atoms with Crippen molar-refractivity contribution in [2.75, 3.05) is 14.2 Å². The Balaban J connectivity index is 2.53. The summed E-state index contributed by atoms with van der Waals surface area (Å²) >= 11 is 0. The van der Waals surface area contributed by atoms with Crippen LogP contribution in [0.3, 0.4) is 0 Å². The number of aromatic nitrogens is 3. The Morgan fingerprint density at radius 1 is 1.42 bits per heavy atom. The lowest BCUT2D eigenvalue weighted by molar-refractivity contribution is 0.402. The van der Waals surface area contributed by atoms with Crippen molar-refractivity contribution in [3.8, 4) is 5.75 Å². The van der Waals surface area contributed by atoms with Crippen molar-refractivity contribution < 1.29 is 4.74 Å². The number of nitrogens with zero attached hydrogens (tertiary/aromatic N) is 3. The predicted octanol–water partition coefficient (Wildman–Crippen LogP) is 1.69. The van der Waals surface area contributed by atoms with E-state index in [0.717, 1.165) is 17.9 Å². The maximum atomic E-state index is 5.41. The molecular formula is C14H20N4O.